The predicted octanol–water partition coefficient (Wildman–Crippen LogP) is 5.81. The monoisotopic (exact) mass is 459 g/mol. The van der Waals surface area contributed by atoms with Crippen LogP contribution in [0.3, 0.4) is 0 Å². The van der Waals surface area contributed by atoms with Crippen LogP contribution in [0.4, 0.5) is 0 Å². The van der Waals surface area contributed by atoms with Crippen LogP contribution in [0.2, 0.25) is 0 Å². The lowest BCUT2D eigenvalue weighted by molar-refractivity contribution is 0.104. The average Bonchev–Trinajstić information content (AvgIpc) is 3.46. The minimum atomic E-state index is -0.0963. The molecule has 1 saturated heterocycles. The molecule has 0 spiro atoms. The molecule has 1 aliphatic heterocycles. The Morgan fingerprint density at radius 1 is 0.970 bits per heavy atom. The molecule has 1 aliphatic rings. The molecule has 33 heavy (non-hydrogen) atoms. The molecular weight excluding hydrogens is 434 g/mol. The number of phenols is 2. The van der Waals surface area contributed by atoms with E-state index in [9.17, 15) is 15.0 Å². The Morgan fingerprint density at radius 3 is 2.42 bits per heavy atom. The molecule has 1 fully saturated rings. The molecule has 0 saturated carbocycles. The van der Waals surface area contributed by atoms with Gasteiger partial charge >= 0.3 is 0 Å². The maximum Gasteiger partial charge on any atom is 0.195 e. The number of phenolic OH excluding ortho intramolecular Hbond substituents is 2. The first kappa shape index (κ1) is 21.5. The largest absolute Gasteiger partial charge is 0.508 e. The van der Waals surface area contributed by atoms with Crippen molar-refractivity contribution in [3.63, 3.8) is 0 Å². The van der Waals surface area contributed by atoms with Crippen molar-refractivity contribution in [2.75, 3.05) is 20.2 Å². The van der Waals surface area contributed by atoms with Crippen LogP contribution in [0.5, 0.6) is 17.2 Å². The quantitative estimate of drug-likeness (QED) is 0.356. The lowest BCUT2D eigenvalue weighted by Crippen LogP contribution is -2.19. The van der Waals surface area contributed by atoms with E-state index < -0.39 is 0 Å². The maximum absolute atomic E-state index is 13.8. The molecule has 2 N–H and O–H groups in total. The Labute approximate surface area is 196 Å². The van der Waals surface area contributed by atoms with Crippen LogP contribution in [0.1, 0.15) is 34.3 Å². The predicted molar refractivity (Wildman–Crippen MR) is 132 cm³/mol. The zero-order chi connectivity index (χ0) is 22.9. The number of thiophene rings is 1. The van der Waals surface area contributed by atoms with E-state index >= 15 is 0 Å². The van der Waals surface area contributed by atoms with Gasteiger partial charge in [0.15, 0.2) is 5.78 Å². The number of carbonyl (C=O) groups is 1. The number of fused-ring (bicyclic) bond motifs is 1. The average molecular weight is 460 g/mol. The SMILES string of the molecule is COc1cc(C(=O)c2c(-c3ccc(O)cc3)sc3cc(O)ccc23)ccc1CN1CCCC1. The van der Waals surface area contributed by atoms with Gasteiger partial charge in [-0.3, -0.25) is 9.69 Å². The molecule has 0 radical (unpaired) electrons. The number of carbonyl (C=O) groups excluding carboxylic acids is 1. The van der Waals surface area contributed by atoms with E-state index in [-0.39, 0.29) is 17.3 Å². The van der Waals surface area contributed by atoms with Crippen molar-refractivity contribution in [2.24, 2.45) is 0 Å². The summed E-state index contributed by atoms with van der Waals surface area (Å²) in [4.78, 5) is 17.0. The van der Waals surface area contributed by atoms with E-state index in [1.165, 1.54) is 24.2 Å². The third-order valence-corrected chi connectivity index (χ3v) is 7.37. The van der Waals surface area contributed by atoms with Gasteiger partial charge in [-0.15, -0.1) is 11.3 Å². The normalized spacial score (nSPS) is 14.1. The molecule has 0 unspecified atom stereocenters. The molecule has 1 aromatic heterocycles. The molecule has 0 bridgehead atoms. The summed E-state index contributed by atoms with van der Waals surface area (Å²) in [5.74, 6) is 0.953. The molecule has 0 atom stereocenters. The van der Waals surface area contributed by atoms with Crippen LogP contribution in [-0.2, 0) is 6.54 Å². The molecule has 0 aliphatic carbocycles. The molecular formula is C27H25NO4S. The Kier molecular flexibility index (Phi) is 5.79. The van der Waals surface area contributed by atoms with Crippen molar-refractivity contribution in [1.29, 1.82) is 0 Å². The number of rotatable bonds is 6. The molecule has 168 valence electrons. The Hall–Kier alpha value is -3.35. The van der Waals surface area contributed by atoms with Gasteiger partial charge in [0.05, 0.1) is 7.11 Å². The van der Waals surface area contributed by atoms with Gasteiger partial charge < -0.3 is 14.9 Å². The summed E-state index contributed by atoms with van der Waals surface area (Å²) in [6.45, 7) is 3.00. The summed E-state index contributed by atoms with van der Waals surface area (Å²) in [6.07, 6.45) is 2.44. The number of aromatic hydroxyl groups is 2. The number of hydrogen-bond donors (Lipinski definition) is 2. The highest BCUT2D eigenvalue weighted by atomic mass is 32.1. The van der Waals surface area contributed by atoms with Crippen molar-refractivity contribution in [3.05, 3.63) is 77.4 Å². The van der Waals surface area contributed by atoms with Crippen molar-refractivity contribution in [1.82, 2.24) is 4.90 Å². The third-order valence-electron chi connectivity index (χ3n) is 6.17. The van der Waals surface area contributed by atoms with E-state index in [0.29, 0.717) is 11.1 Å². The van der Waals surface area contributed by atoms with Gasteiger partial charge in [0.2, 0.25) is 0 Å². The molecule has 3 aromatic carbocycles. The van der Waals surface area contributed by atoms with E-state index in [0.717, 1.165) is 51.5 Å². The first-order valence-electron chi connectivity index (χ1n) is 11.0. The first-order chi connectivity index (χ1) is 16.0. The standard InChI is InChI=1S/C27H25NO4S/c1-32-23-14-18(4-5-19(23)16-28-12-2-3-13-28)26(31)25-22-11-10-21(30)15-24(22)33-27(25)17-6-8-20(29)9-7-17/h4-11,14-15,29-30H,2-3,12-13,16H2,1H3. The summed E-state index contributed by atoms with van der Waals surface area (Å²) in [6, 6.07) is 17.6. The third kappa shape index (κ3) is 4.19. The zero-order valence-corrected chi connectivity index (χ0v) is 19.2. The number of ketones is 1. The molecule has 5 nitrogen and oxygen atoms in total. The van der Waals surface area contributed by atoms with Crippen LogP contribution in [0, 0.1) is 0 Å². The number of hydrogen-bond acceptors (Lipinski definition) is 6. The smallest absolute Gasteiger partial charge is 0.195 e. The van der Waals surface area contributed by atoms with Crippen LogP contribution < -0.4 is 4.74 Å². The summed E-state index contributed by atoms with van der Waals surface area (Å²) in [7, 11) is 1.64. The Balaban J connectivity index is 1.59. The number of ether oxygens (including phenoxy) is 1. The van der Waals surface area contributed by atoms with Gasteiger partial charge in [-0.2, -0.15) is 0 Å². The van der Waals surface area contributed by atoms with Crippen LogP contribution >= 0.6 is 11.3 Å². The van der Waals surface area contributed by atoms with Crippen molar-refractivity contribution < 1.29 is 19.7 Å². The zero-order valence-electron chi connectivity index (χ0n) is 18.4. The fourth-order valence-corrected chi connectivity index (χ4v) is 5.71. The van der Waals surface area contributed by atoms with Gasteiger partial charge in [-0.25, -0.2) is 0 Å². The highest BCUT2D eigenvalue weighted by molar-refractivity contribution is 7.22. The van der Waals surface area contributed by atoms with Gasteiger partial charge in [0.25, 0.3) is 0 Å². The first-order valence-corrected chi connectivity index (χ1v) is 11.8. The minimum Gasteiger partial charge on any atom is -0.508 e. The molecule has 2 heterocycles. The Bertz CT molecular complexity index is 1320. The topological polar surface area (TPSA) is 70.0 Å². The lowest BCUT2D eigenvalue weighted by atomic mass is 9.96. The number of methoxy groups -OCH3 is 1. The number of likely N-dealkylation sites (tertiary alicyclic amines) is 1. The number of benzene rings is 3. The number of nitrogens with zero attached hydrogens (tertiary/aromatic N) is 1. The molecule has 0 amide bonds. The summed E-state index contributed by atoms with van der Waals surface area (Å²) in [5.41, 5.74) is 3.07. The van der Waals surface area contributed by atoms with E-state index in [1.54, 1.807) is 49.6 Å². The van der Waals surface area contributed by atoms with Crippen LogP contribution in [0.15, 0.2) is 60.7 Å². The minimum absolute atomic E-state index is 0.0963. The van der Waals surface area contributed by atoms with Gasteiger partial charge in [-0.05, 0) is 80.0 Å². The fourth-order valence-electron chi connectivity index (χ4n) is 4.47. The van der Waals surface area contributed by atoms with Crippen LogP contribution in [0.25, 0.3) is 20.5 Å². The summed E-state index contributed by atoms with van der Waals surface area (Å²) >= 11 is 1.45. The lowest BCUT2D eigenvalue weighted by Gasteiger charge is -2.17. The van der Waals surface area contributed by atoms with Crippen molar-refractivity contribution in [2.45, 2.75) is 19.4 Å². The van der Waals surface area contributed by atoms with Crippen molar-refractivity contribution >= 4 is 27.2 Å². The summed E-state index contributed by atoms with van der Waals surface area (Å²) < 4.78 is 6.49. The second-order valence-electron chi connectivity index (χ2n) is 8.37. The van der Waals surface area contributed by atoms with E-state index in [4.69, 9.17) is 4.74 Å². The van der Waals surface area contributed by atoms with E-state index in [1.807, 2.05) is 18.2 Å². The highest BCUT2D eigenvalue weighted by Gasteiger charge is 2.23. The van der Waals surface area contributed by atoms with Gasteiger partial charge in [0.1, 0.15) is 17.2 Å². The fraction of sp³-hybridized carbons (Fsp3) is 0.222. The van der Waals surface area contributed by atoms with Crippen molar-refractivity contribution in [3.8, 4) is 27.7 Å². The molecule has 4 aromatic rings. The second kappa shape index (κ2) is 8.89. The molecule has 6 heteroatoms. The van der Waals surface area contributed by atoms with E-state index in [2.05, 4.69) is 4.90 Å². The van der Waals surface area contributed by atoms with Gasteiger partial charge in [0, 0.05) is 38.2 Å². The van der Waals surface area contributed by atoms with Crippen LogP contribution in [-0.4, -0.2) is 41.1 Å². The highest BCUT2D eigenvalue weighted by Crippen LogP contribution is 2.41. The maximum atomic E-state index is 13.8. The Morgan fingerprint density at radius 2 is 1.70 bits per heavy atom. The summed E-state index contributed by atoms with van der Waals surface area (Å²) in [5, 5.41) is 20.5. The van der Waals surface area contributed by atoms with Gasteiger partial charge in [-0.1, -0.05) is 12.1 Å². The second-order valence-corrected chi connectivity index (χ2v) is 9.42. The molecule has 5 rings (SSSR count).